The molecule has 0 aliphatic carbocycles. The van der Waals surface area contributed by atoms with Gasteiger partial charge in [0.15, 0.2) is 0 Å². The highest BCUT2D eigenvalue weighted by Crippen LogP contribution is 2.23. The van der Waals surface area contributed by atoms with Gasteiger partial charge in [-0.25, -0.2) is 0 Å². The van der Waals surface area contributed by atoms with E-state index in [1.807, 2.05) is 31.2 Å². The fourth-order valence-electron chi connectivity index (χ4n) is 2.12. The largest absolute Gasteiger partial charge is 0.338 e. The zero-order valence-corrected chi connectivity index (χ0v) is 11.2. The van der Waals surface area contributed by atoms with Gasteiger partial charge in [0.2, 0.25) is 5.91 Å². The number of rotatable bonds is 2. The summed E-state index contributed by atoms with van der Waals surface area (Å²) < 4.78 is 0. The highest BCUT2D eigenvalue weighted by atomic mass is 35.5. The predicted octanol–water partition coefficient (Wildman–Crippen LogP) is 2.30. The van der Waals surface area contributed by atoms with Crippen molar-refractivity contribution in [3.8, 4) is 0 Å². The fraction of sp³-hybridized carbons (Fsp3) is 0.357. The molecule has 1 aromatic rings. The quantitative estimate of drug-likeness (QED) is 0.834. The third kappa shape index (κ3) is 2.92. The molecule has 1 aromatic carbocycles. The summed E-state index contributed by atoms with van der Waals surface area (Å²) in [6, 6.07) is 7.64. The molecule has 1 aliphatic rings. The smallest absolute Gasteiger partial charge is 0.246 e. The van der Waals surface area contributed by atoms with Gasteiger partial charge >= 0.3 is 0 Å². The minimum Gasteiger partial charge on any atom is -0.338 e. The van der Waals surface area contributed by atoms with Crippen LogP contribution in [0.15, 0.2) is 30.3 Å². The second kappa shape index (κ2) is 5.55. The maximum Gasteiger partial charge on any atom is 0.246 e. The number of likely N-dealkylation sites (tertiary alicyclic amines) is 1. The number of nitrogens with zero attached hydrogens (tertiary/aromatic N) is 1. The summed E-state index contributed by atoms with van der Waals surface area (Å²) in [5, 5.41) is 0.664. The van der Waals surface area contributed by atoms with E-state index in [-0.39, 0.29) is 11.9 Å². The normalized spacial score (nSPS) is 20.3. The first-order chi connectivity index (χ1) is 8.58. The Kier molecular flexibility index (Phi) is 4.04. The van der Waals surface area contributed by atoms with Crippen LogP contribution in [-0.4, -0.2) is 29.9 Å². The molecule has 4 heteroatoms. The van der Waals surface area contributed by atoms with Crippen LogP contribution in [0.25, 0.3) is 5.57 Å². The van der Waals surface area contributed by atoms with Crippen LogP contribution in [0.4, 0.5) is 0 Å². The van der Waals surface area contributed by atoms with Crippen LogP contribution in [-0.2, 0) is 4.79 Å². The van der Waals surface area contributed by atoms with Crippen molar-refractivity contribution in [3.05, 3.63) is 40.9 Å². The molecule has 0 bridgehead atoms. The molecule has 0 saturated carbocycles. The number of hydrogen-bond acceptors (Lipinski definition) is 2. The van der Waals surface area contributed by atoms with Crippen molar-refractivity contribution in [1.82, 2.24) is 4.90 Å². The van der Waals surface area contributed by atoms with Gasteiger partial charge in [-0.15, -0.1) is 0 Å². The average molecular weight is 265 g/mol. The van der Waals surface area contributed by atoms with E-state index in [1.54, 1.807) is 11.0 Å². The van der Waals surface area contributed by atoms with E-state index in [4.69, 9.17) is 17.3 Å². The van der Waals surface area contributed by atoms with Crippen molar-refractivity contribution in [2.75, 3.05) is 13.1 Å². The molecule has 2 N–H and O–H groups in total. The Morgan fingerprint density at radius 1 is 1.50 bits per heavy atom. The first kappa shape index (κ1) is 13.1. The van der Waals surface area contributed by atoms with Gasteiger partial charge in [0.05, 0.1) is 0 Å². The van der Waals surface area contributed by atoms with Gasteiger partial charge in [0.1, 0.15) is 0 Å². The molecule has 18 heavy (non-hydrogen) atoms. The summed E-state index contributed by atoms with van der Waals surface area (Å²) in [5.41, 5.74) is 7.57. The number of nitrogens with two attached hydrogens (primary N) is 1. The van der Waals surface area contributed by atoms with Crippen molar-refractivity contribution >= 4 is 23.1 Å². The Labute approximate surface area is 112 Å². The minimum absolute atomic E-state index is 0.0142. The molecule has 1 saturated heterocycles. The average Bonchev–Trinajstić information content (AvgIpc) is 2.76. The van der Waals surface area contributed by atoms with Gasteiger partial charge in [0.25, 0.3) is 0 Å². The summed E-state index contributed by atoms with van der Waals surface area (Å²) in [4.78, 5) is 13.8. The van der Waals surface area contributed by atoms with E-state index < -0.39 is 0 Å². The molecular formula is C14H17ClN2O. The molecular weight excluding hydrogens is 248 g/mol. The lowest BCUT2D eigenvalue weighted by Crippen LogP contribution is -2.30. The first-order valence-corrected chi connectivity index (χ1v) is 6.43. The third-order valence-corrected chi connectivity index (χ3v) is 3.50. The van der Waals surface area contributed by atoms with Crippen LogP contribution in [0.3, 0.4) is 0 Å². The molecule has 1 aliphatic heterocycles. The third-order valence-electron chi connectivity index (χ3n) is 3.18. The van der Waals surface area contributed by atoms with Crippen molar-refractivity contribution in [3.63, 3.8) is 0 Å². The van der Waals surface area contributed by atoms with E-state index in [0.29, 0.717) is 11.6 Å². The number of carbonyl (C=O) groups is 1. The van der Waals surface area contributed by atoms with Crippen LogP contribution in [0.1, 0.15) is 18.9 Å². The number of benzene rings is 1. The summed E-state index contributed by atoms with van der Waals surface area (Å²) in [6.07, 6.45) is 2.52. The van der Waals surface area contributed by atoms with E-state index in [0.717, 1.165) is 24.1 Å². The van der Waals surface area contributed by atoms with Gasteiger partial charge in [0, 0.05) is 30.2 Å². The maximum absolute atomic E-state index is 12.0. The van der Waals surface area contributed by atoms with Gasteiger partial charge in [-0.2, -0.15) is 0 Å². The van der Waals surface area contributed by atoms with Crippen molar-refractivity contribution in [2.45, 2.75) is 19.4 Å². The van der Waals surface area contributed by atoms with Crippen LogP contribution < -0.4 is 5.73 Å². The lowest BCUT2D eigenvalue weighted by Gasteiger charge is -2.14. The van der Waals surface area contributed by atoms with Crippen LogP contribution in [0.5, 0.6) is 0 Å². The number of amides is 1. The maximum atomic E-state index is 12.0. The topological polar surface area (TPSA) is 46.3 Å². The zero-order valence-electron chi connectivity index (χ0n) is 10.4. The molecule has 0 unspecified atom stereocenters. The highest BCUT2D eigenvalue weighted by molar-refractivity contribution is 6.32. The molecule has 3 nitrogen and oxygen atoms in total. The molecule has 2 rings (SSSR count). The lowest BCUT2D eigenvalue weighted by atomic mass is 10.1. The molecule has 0 aromatic heterocycles. The van der Waals surface area contributed by atoms with Crippen LogP contribution in [0.2, 0.25) is 5.02 Å². The predicted molar refractivity (Wildman–Crippen MR) is 74.3 cm³/mol. The fourth-order valence-corrected chi connectivity index (χ4v) is 2.41. The van der Waals surface area contributed by atoms with Crippen LogP contribution in [0, 0.1) is 0 Å². The SMILES string of the molecule is C/C(=C\C(=O)N1CC[C@@H](N)C1)c1ccccc1Cl. The Morgan fingerprint density at radius 2 is 2.22 bits per heavy atom. The van der Waals surface area contributed by atoms with Gasteiger partial charge in [-0.1, -0.05) is 29.8 Å². The van der Waals surface area contributed by atoms with E-state index >= 15 is 0 Å². The van der Waals surface area contributed by atoms with E-state index in [9.17, 15) is 4.79 Å². The Hall–Kier alpha value is -1.32. The van der Waals surface area contributed by atoms with Gasteiger partial charge in [-0.05, 0) is 30.5 Å². The summed E-state index contributed by atoms with van der Waals surface area (Å²) in [6.45, 7) is 3.28. The second-order valence-electron chi connectivity index (χ2n) is 4.64. The van der Waals surface area contributed by atoms with Crippen molar-refractivity contribution in [1.29, 1.82) is 0 Å². The van der Waals surface area contributed by atoms with Gasteiger partial charge < -0.3 is 10.6 Å². The first-order valence-electron chi connectivity index (χ1n) is 6.05. The van der Waals surface area contributed by atoms with E-state index in [1.165, 1.54) is 0 Å². The zero-order chi connectivity index (χ0) is 13.1. The minimum atomic E-state index is 0.0142. The Morgan fingerprint density at radius 3 is 2.83 bits per heavy atom. The number of carbonyl (C=O) groups excluding carboxylic acids is 1. The summed E-state index contributed by atoms with van der Waals surface area (Å²) in [7, 11) is 0. The van der Waals surface area contributed by atoms with Crippen molar-refractivity contribution in [2.24, 2.45) is 5.73 Å². The summed E-state index contributed by atoms with van der Waals surface area (Å²) >= 11 is 6.10. The number of hydrogen-bond donors (Lipinski definition) is 1. The standard InChI is InChI=1S/C14H17ClN2O/c1-10(12-4-2-3-5-13(12)15)8-14(18)17-7-6-11(16)9-17/h2-5,8,11H,6-7,9,16H2,1H3/b10-8+/t11-/m1/s1. The molecule has 0 radical (unpaired) electrons. The number of allylic oxidation sites excluding steroid dienone is 1. The van der Waals surface area contributed by atoms with Crippen LogP contribution >= 0.6 is 11.6 Å². The monoisotopic (exact) mass is 264 g/mol. The molecule has 1 heterocycles. The molecule has 1 amide bonds. The molecule has 1 fully saturated rings. The molecule has 1 atom stereocenters. The van der Waals surface area contributed by atoms with Crippen molar-refractivity contribution < 1.29 is 4.79 Å². The highest BCUT2D eigenvalue weighted by Gasteiger charge is 2.22. The Bertz CT molecular complexity index is 484. The molecule has 0 spiro atoms. The van der Waals surface area contributed by atoms with Gasteiger partial charge in [-0.3, -0.25) is 4.79 Å². The molecule has 96 valence electrons. The van der Waals surface area contributed by atoms with E-state index in [2.05, 4.69) is 0 Å². The number of halogens is 1. The second-order valence-corrected chi connectivity index (χ2v) is 5.05. The summed E-state index contributed by atoms with van der Waals surface area (Å²) in [5.74, 6) is 0.0142. The Balaban J connectivity index is 2.13. The lowest BCUT2D eigenvalue weighted by molar-refractivity contribution is -0.125.